The van der Waals surface area contributed by atoms with Crippen molar-refractivity contribution in [2.24, 2.45) is 0 Å². The van der Waals surface area contributed by atoms with E-state index in [9.17, 15) is 14.0 Å². The molecule has 0 saturated carbocycles. The molecule has 3 aromatic rings. The van der Waals surface area contributed by atoms with Gasteiger partial charge >= 0.3 is 6.09 Å². The molecule has 1 fully saturated rings. The molecule has 1 atom stereocenters. The third kappa shape index (κ3) is 6.39. The van der Waals surface area contributed by atoms with Crippen LogP contribution in [0.2, 0.25) is 5.02 Å². The average Bonchev–Trinajstić information content (AvgIpc) is 3.30. The number of fused-ring (bicyclic) bond motifs is 1. The van der Waals surface area contributed by atoms with Crippen molar-refractivity contribution in [1.82, 2.24) is 20.2 Å². The van der Waals surface area contributed by atoms with Crippen LogP contribution in [-0.4, -0.2) is 78.5 Å². The fraction of sp³-hybridized carbons (Fsp3) is 0.414. The SMILES string of the molecule is COc1c(Cl)cc(F)cc1Nc1c(-c2ccncc2OCC2CN(C(=O)OC(C)(C)C)CCO2)[nH]c2c1C(=O)NCC2. The number of aromatic nitrogens is 2. The first-order chi connectivity index (χ1) is 20.0. The molecule has 1 aromatic carbocycles. The van der Waals surface area contributed by atoms with E-state index in [0.29, 0.717) is 66.6 Å². The third-order valence-electron chi connectivity index (χ3n) is 6.71. The zero-order valence-corrected chi connectivity index (χ0v) is 24.6. The van der Waals surface area contributed by atoms with Crippen molar-refractivity contribution in [3.05, 3.63) is 52.7 Å². The fourth-order valence-electron chi connectivity index (χ4n) is 4.90. The molecule has 4 heterocycles. The summed E-state index contributed by atoms with van der Waals surface area (Å²) in [6.45, 7) is 7.12. The maximum absolute atomic E-state index is 14.4. The van der Waals surface area contributed by atoms with Gasteiger partial charge < -0.3 is 39.5 Å². The van der Waals surface area contributed by atoms with Gasteiger partial charge in [0.05, 0.1) is 54.1 Å². The van der Waals surface area contributed by atoms with E-state index in [1.165, 1.54) is 13.2 Å². The van der Waals surface area contributed by atoms with Crippen LogP contribution in [0, 0.1) is 5.82 Å². The lowest BCUT2D eigenvalue weighted by Crippen LogP contribution is -2.49. The maximum Gasteiger partial charge on any atom is 0.410 e. The van der Waals surface area contributed by atoms with Crippen molar-refractivity contribution in [1.29, 1.82) is 0 Å². The molecule has 13 heteroatoms. The minimum atomic E-state index is -0.606. The Hall–Kier alpha value is -4.03. The number of amides is 2. The van der Waals surface area contributed by atoms with E-state index in [1.54, 1.807) is 23.4 Å². The van der Waals surface area contributed by atoms with Gasteiger partial charge in [0, 0.05) is 43.0 Å². The molecule has 5 rings (SSSR count). The molecule has 1 unspecified atom stereocenters. The van der Waals surface area contributed by atoms with Gasteiger partial charge in [-0.15, -0.1) is 0 Å². The number of ether oxygens (including phenoxy) is 4. The van der Waals surface area contributed by atoms with E-state index in [4.69, 9.17) is 30.5 Å². The Kier molecular flexibility index (Phi) is 8.46. The highest BCUT2D eigenvalue weighted by Gasteiger charge is 2.31. The molecule has 2 aliphatic rings. The number of hydrogen-bond acceptors (Lipinski definition) is 8. The Bertz CT molecular complexity index is 1490. The second-order valence-electron chi connectivity index (χ2n) is 10.9. The van der Waals surface area contributed by atoms with Crippen molar-refractivity contribution in [2.45, 2.75) is 38.9 Å². The van der Waals surface area contributed by atoms with Crippen LogP contribution in [0.5, 0.6) is 11.5 Å². The number of benzene rings is 1. The molecule has 224 valence electrons. The van der Waals surface area contributed by atoms with Crippen LogP contribution in [0.25, 0.3) is 11.3 Å². The number of anilines is 2. The first-order valence-electron chi connectivity index (χ1n) is 13.5. The molecule has 0 radical (unpaired) electrons. The van der Waals surface area contributed by atoms with Gasteiger partial charge in [-0.1, -0.05) is 11.6 Å². The summed E-state index contributed by atoms with van der Waals surface area (Å²) in [4.78, 5) is 34.8. The van der Waals surface area contributed by atoms with Gasteiger partial charge in [0.2, 0.25) is 0 Å². The van der Waals surface area contributed by atoms with Crippen LogP contribution >= 0.6 is 11.6 Å². The molecular weight excluding hydrogens is 569 g/mol. The molecule has 0 bridgehead atoms. The summed E-state index contributed by atoms with van der Waals surface area (Å²) in [7, 11) is 1.43. The number of carbonyl (C=O) groups is 2. The lowest BCUT2D eigenvalue weighted by Gasteiger charge is -2.34. The smallest absolute Gasteiger partial charge is 0.410 e. The minimum Gasteiger partial charge on any atom is -0.493 e. The number of hydrogen-bond donors (Lipinski definition) is 3. The lowest BCUT2D eigenvalue weighted by molar-refractivity contribution is -0.0556. The lowest BCUT2D eigenvalue weighted by atomic mass is 10.0. The van der Waals surface area contributed by atoms with Crippen LogP contribution in [0.3, 0.4) is 0 Å². The summed E-state index contributed by atoms with van der Waals surface area (Å²) >= 11 is 6.24. The van der Waals surface area contributed by atoms with E-state index < -0.39 is 23.6 Å². The van der Waals surface area contributed by atoms with Crippen LogP contribution in [0.1, 0.15) is 36.8 Å². The third-order valence-corrected chi connectivity index (χ3v) is 6.99. The van der Waals surface area contributed by atoms with Crippen molar-refractivity contribution < 1.29 is 32.9 Å². The average molecular weight is 602 g/mol. The Morgan fingerprint density at radius 1 is 1.33 bits per heavy atom. The number of rotatable bonds is 7. The van der Waals surface area contributed by atoms with E-state index in [2.05, 4.69) is 20.6 Å². The zero-order chi connectivity index (χ0) is 30.0. The van der Waals surface area contributed by atoms with Gasteiger partial charge in [0.25, 0.3) is 5.91 Å². The first-order valence-corrected chi connectivity index (χ1v) is 13.9. The second-order valence-corrected chi connectivity index (χ2v) is 11.3. The minimum absolute atomic E-state index is 0.0799. The molecule has 2 aliphatic heterocycles. The number of carbonyl (C=O) groups excluding carboxylic acids is 2. The Morgan fingerprint density at radius 3 is 2.90 bits per heavy atom. The van der Waals surface area contributed by atoms with Crippen molar-refractivity contribution in [3.63, 3.8) is 0 Å². The summed E-state index contributed by atoms with van der Waals surface area (Å²) in [5, 5.41) is 6.12. The highest BCUT2D eigenvalue weighted by Crippen LogP contribution is 2.43. The fourth-order valence-corrected chi connectivity index (χ4v) is 5.18. The molecule has 2 aromatic heterocycles. The van der Waals surface area contributed by atoms with Gasteiger partial charge in [0.15, 0.2) is 5.75 Å². The van der Waals surface area contributed by atoms with Crippen molar-refractivity contribution in [2.75, 3.05) is 45.3 Å². The van der Waals surface area contributed by atoms with Crippen LogP contribution in [-0.2, 0) is 15.9 Å². The predicted molar refractivity (Wildman–Crippen MR) is 154 cm³/mol. The Balaban J connectivity index is 1.44. The summed E-state index contributed by atoms with van der Waals surface area (Å²) in [5.74, 6) is -0.205. The summed E-state index contributed by atoms with van der Waals surface area (Å²) in [5.41, 5.74) is 2.30. The molecule has 3 N–H and O–H groups in total. The summed E-state index contributed by atoms with van der Waals surface area (Å²) in [6.07, 6.45) is 2.92. The topological polar surface area (TPSA) is 127 Å². The summed E-state index contributed by atoms with van der Waals surface area (Å²) in [6, 6.07) is 4.15. The van der Waals surface area contributed by atoms with E-state index in [-0.39, 0.29) is 29.0 Å². The highest BCUT2D eigenvalue weighted by atomic mass is 35.5. The zero-order valence-electron chi connectivity index (χ0n) is 23.8. The van der Waals surface area contributed by atoms with E-state index in [1.807, 2.05) is 20.8 Å². The largest absolute Gasteiger partial charge is 0.493 e. The number of pyridine rings is 1. The van der Waals surface area contributed by atoms with Gasteiger partial charge in [0.1, 0.15) is 29.9 Å². The molecule has 1 saturated heterocycles. The molecule has 42 heavy (non-hydrogen) atoms. The van der Waals surface area contributed by atoms with Crippen LogP contribution < -0.4 is 20.1 Å². The standard InChI is InChI=1S/C29H33ClFN5O6/c1-29(2,3)42-28(38)36-9-10-40-17(14-36)15-41-22-13-32-7-5-18(22)24-25(23-20(34-24)6-8-33-27(23)37)35-21-12-16(31)11-19(30)26(21)39-4/h5,7,11-13,17,34-35H,6,8-10,14-15H2,1-4H3,(H,33,37). The number of morpholine rings is 1. The monoisotopic (exact) mass is 601 g/mol. The highest BCUT2D eigenvalue weighted by molar-refractivity contribution is 6.32. The molecule has 2 amide bonds. The van der Waals surface area contributed by atoms with Gasteiger partial charge in [-0.2, -0.15) is 0 Å². The van der Waals surface area contributed by atoms with Gasteiger partial charge in [-0.3, -0.25) is 9.78 Å². The molecule has 0 spiro atoms. The number of nitrogens with one attached hydrogen (secondary N) is 3. The number of H-pyrrole nitrogens is 1. The van der Waals surface area contributed by atoms with Crippen molar-refractivity contribution >= 4 is 35.0 Å². The number of methoxy groups -OCH3 is 1. The van der Waals surface area contributed by atoms with Crippen LogP contribution in [0.15, 0.2) is 30.6 Å². The van der Waals surface area contributed by atoms with Gasteiger partial charge in [-0.25, -0.2) is 9.18 Å². The molecule has 0 aliphatic carbocycles. The van der Waals surface area contributed by atoms with E-state index >= 15 is 0 Å². The summed E-state index contributed by atoms with van der Waals surface area (Å²) < 4.78 is 37.3. The maximum atomic E-state index is 14.4. The molecule has 11 nitrogen and oxygen atoms in total. The first kappa shape index (κ1) is 29.5. The Labute approximate surface area is 247 Å². The van der Waals surface area contributed by atoms with Crippen LogP contribution in [0.4, 0.5) is 20.6 Å². The predicted octanol–water partition coefficient (Wildman–Crippen LogP) is 4.92. The number of halogens is 2. The van der Waals surface area contributed by atoms with Gasteiger partial charge in [-0.05, 0) is 32.9 Å². The van der Waals surface area contributed by atoms with Crippen molar-refractivity contribution in [3.8, 4) is 22.8 Å². The molecular formula is C29H33ClFN5O6. The number of aromatic amines is 1. The number of nitrogens with zero attached hydrogens (tertiary/aromatic N) is 2. The normalized spacial score (nSPS) is 16.9. The quantitative estimate of drug-likeness (QED) is 0.348. The second kappa shape index (κ2) is 12.1. The van der Waals surface area contributed by atoms with E-state index in [0.717, 1.165) is 6.07 Å². The Morgan fingerprint density at radius 2 is 2.14 bits per heavy atom.